The zero-order valence-electron chi connectivity index (χ0n) is 18.4. The first-order chi connectivity index (χ1) is 14.5. The highest BCUT2D eigenvalue weighted by molar-refractivity contribution is 7.92. The highest BCUT2D eigenvalue weighted by Gasteiger charge is 2.33. The van der Waals surface area contributed by atoms with Crippen molar-refractivity contribution in [3.05, 3.63) is 64.2 Å². The second-order valence-electron chi connectivity index (χ2n) is 8.16. The lowest BCUT2D eigenvalue weighted by Crippen LogP contribution is -2.34. The Bertz CT molecular complexity index is 1130. The number of esters is 1. The van der Waals surface area contributed by atoms with Gasteiger partial charge in [-0.1, -0.05) is 18.2 Å². The Kier molecular flexibility index (Phi) is 6.40. The molecule has 3 rings (SSSR count). The maximum atomic E-state index is 12.4. The van der Waals surface area contributed by atoms with Gasteiger partial charge in [-0.3, -0.25) is 9.10 Å². The summed E-state index contributed by atoms with van der Waals surface area (Å²) in [4.78, 5) is 24.6. The van der Waals surface area contributed by atoms with Crippen molar-refractivity contribution >= 4 is 27.6 Å². The normalized spacial score (nSPS) is 16.5. The van der Waals surface area contributed by atoms with E-state index in [1.807, 2.05) is 45.9 Å². The Morgan fingerprint density at radius 1 is 1.16 bits per heavy atom. The molecule has 1 amide bonds. The van der Waals surface area contributed by atoms with Gasteiger partial charge in [0.05, 0.1) is 23.5 Å². The Labute approximate surface area is 183 Å². The summed E-state index contributed by atoms with van der Waals surface area (Å²) in [6, 6.07) is 10.3. The molecular formula is C23H28N2O5S. The number of sulfonamides is 1. The van der Waals surface area contributed by atoms with E-state index in [0.717, 1.165) is 22.9 Å². The van der Waals surface area contributed by atoms with Gasteiger partial charge in [0.25, 0.3) is 5.91 Å². The van der Waals surface area contributed by atoms with Gasteiger partial charge in [0.2, 0.25) is 10.0 Å². The third-order valence-corrected chi connectivity index (χ3v) is 6.84. The maximum Gasteiger partial charge on any atom is 0.338 e. The molecule has 166 valence electrons. The van der Waals surface area contributed by atoms with E-state index in [9.17, 15) is 18.0 Å². The third-order valence-electron chi connectivity index (χ3n) is 5.57. The number of benzene rings is 2. The lowest BCUT2D eigenvalue weighted by molar-refractivity contribution is -0.124. The van der Waals surface area contributed by atoms with Crippen LogP contribution in [0.25, 0.3) is 0 Å². The van der Waals surface area contributed by atoms with Crippen LogP contribution in [0.4, 0.5) is 5.69 Å². The maximum absolute atomic E-state index is 12.4. The van der Waals surface area contributed by atoms with Crippen molar-refractivity contribution in [2.45, 2.75) is 46.2 Å². The van der Waals surface area contributed by atoms with E-state index in [-0.39, 0.29) is 17.6 Å². The van der Waals surface area contributed by atoms with Gasteiger partial charge < -0.3 is 10.1 Å². The quantitative estimate of drug-likeness (QED) is 0.692. The van der Waals surface area contributed by atoms with Gasteiger partial charge in [0.15, 0.2) is 6.61 Å². The van der Waals surface area contributed by atoms with E-state index in [4.69, 9.17) is 4.74 Å². The number of rotatable bonds is 6. The van der Waals surface area contributed by atoms with Crippen molar-refractivity contribution in [3.63, 3.8) is 0 Å². The minimum atomic E-state index is -3.40. The minimum Gasteiger partial charge on any atom is -0.452 e. The molecule has 0 radical (unpaired) electrons. The number of carbonyl (C=O) groups is 2. The largest absolute Gasteiger partial charge is 0.452 e. The van der Waals surface area contributed by atoms with Crippen molar-refractivity contribution < 1.29 is 22.7 Å². The zero-order chi connectivity index (χ0) is 22.9. The van der Waals surface area contributed by atoms with Crippen LogP contribution in [0.5, 0.6) is 0 Å². The first kappa shape index (κ1) is 22.8. The molecule has 0 aliphatic carbocycles. The number of fused-ring (bicyclic) bond motifs is 1. The Morgan fingerprint density at radius 3 is 2.52 bits per heavy atom. The average Bonchev–Trinajstić information content (AvgIpc) is 3.03. The van der Waals surface area contributed by atoms with Crippen molar-refractivity contribution in [2.75, 3.05) is 17.2 Å². The van der Waals surface area contributed by atoms with Crippen LogP contribution in [0.1, 0.15) is 52.5 Å². The van der Waals surface area contributed by atoms with Crippen LogP contribution in [0.3, 0.4) is 0 Å². The van der Waals surface area contributed by atoms with E-state index in [2.05, 4.69) is 5.32 Å². The van der Waals surface area contributed by atoms with E-state index in [1.165, 1.54) is 15.9 Å². The number of amides is 1. The van der Waals surface area contributed by atoms with E-state index >= 15 is 0 Å². The molecule has 1 aliphatic heterocycles. The molecule has 31 heavy (non-hydrogen) atoms. The number of hydrogen-bond donors (Lipinski definition) is 1. The molecular weight excluding hydrogens is 416 g/mol. The van der Waals surface area contributed by atoms with Gasteiger partial charge in [0, 0.05) is 6.04 Å². The van der Waals surface area contributed by atoms with Crippen molar-refractivity contribution in [3.8, 4) is 0 Å². The van der Waals surface area contributed by atoms with Gasteiger partial charge in [-0.05, 0) is 74.6 Å². The molecule has 0 bridgehead atoms. The number of hydrogen-bond acceptors (Lipinski definition) is 5. The fourth-order valence-corrected chi connectivity index (χ4v) is 5.11. The highest BCUT2D eigenvalue weighted by Crippen LogP contribution is 2.34. The number of aryl methyl sites for hydroxylation is 2. The molecule has 0 saturated carbocycles. The molecule has 7 nitrogen and oxygen atoms in total. The molecule has 2 aromatic carbocycles. The van der Waals surface area contributed by atoms with Crippen molar-refractivity contribution in [1.82, 2.24) is 5.32 Å². The summed E-state index contributed by atoms with van der Waals surface area (Å²) in [5, 5.41) is 2.83. The van der Waals surface area contributed by atoms with Crippen molar-refractivity contribution in [2.24, 2.45) is 0 Å². The highest BCUT2D eigenvalue weighted by atomic mass is 32.2. The SMILES string of the molecule is Cc1ccc(C(C)NC(=O)COC(=O)c2ccc3c(c2)CC(C)N3S(C)(=O)=O)cc1C. The van der Waals surface area contributed by atoms with Gasteiger partial charge in [-0.2, -0.15) is 0 Å². The molecule has 0 aromatic heterocycles. The standard InChI is InChI=1S/C23H28N2O5S/c1-14-6-7-18(10-15(14)2)17(4)24-22(26)13-30-23(27)19-8-9-21-20(12-19)11-16(3)25(21)31(5,28)29/h6-10,12,16-17H,11,13H2,1-5H3,(H,24,26). The smallest absolute Gasteiger partial charge is 0.338 e. The summed E-state index contributed by atoms with van der Waals surface area (Å²) in [6.07, 6.45) is 1.68. The van der Waals surface area contributed by atoms with Crippen LogP contribution >= 0.6 is 0 Å². The first-order valence-electron chi connectivity index (χ1n) is 10.1. The number of carbonyl (C=O) groups excluding carboxylic acids is 2. The summed E-state index contributed by atoms with van der Waals surface area (Å²) >= 11 is 0. The second-order valence-corrected chi connectivity index (χ2v) is 10.0. The van der Waals surface area contributed by atoms with Crippen LogP contribution in [-0.2, 0) is 26.0 Å². The van der Waals surface area contributed by atoms with Crippen LogP contribution in [0.2, 0.25) is 0 Å². The number of nitrogens with one attached hydrogen (secondary N) is 1. The van der Waals surface area contributed by atoms with Gasteiger partial charge >= 0.3 is 5.97 Å². The number of anilines is 1. The van der Waals surface area contributed by atoms with Crippen LogP contribution < -0.4 is 9.62 Å². The molecule has 1 aliphatic rings. The van der Waals surface area contributed by atoms with E-state index in [0.29, 0.717) is 12.1 Å². The molecule has 0 saturated heterocycles. The monoisotopic (exact) mass is 444 g/mol. The predicted octanol–water partition coefficient (Wildman–Crippen LogP) is 3.05. The Morgan fingerprint density at radius 2 is 1.87 bits per heavy atom. The molecule has 0 spiro atoms. The second kappa shape index (κ2) is 8.70. The number of nitrogens with zero attached hydrogens (tertiary/aromatic N) is 1. The average molecular weight is 445 g/mol. The van der Waals surface area contributed by atoms with Crippen LogP contribution in [-0.4, -0.2) is 39.2 Å². The molecule has 0 fully saturated rings. The van der Waals surface area contributed by atoms with Gasteiger partial charge in [0.1, 0.15) is 0 Å². The number of ether oxygens (including phenoxy) is 1. The topological polar surface area (TPSA) is 92.8 Å². The van der Waals surface area contributed by atoms with Crippen molar-refractivity contribution in [1.29, 1.82) is 0 Å². The summed E-state index contributed by atoms with van der Waals surface area (Å²) < 4.78 is 30.6. The zero-order valence-corrected chi connectivity index (χ0v) is 19.2. The fourth-order valence-electron chi connectivity index (χ4n) is 3.85. The molecule has 2 atom stereocenters. The molecule has 2 aromatic rings. The van der Waals surface area contributed by atoms with Crippen LogP contribution in [0, 0.1) is 13.8 Å². The van der Waals surface area contributed by atoms with Crippen LogP contribution in [0.15, 0.2) is 36.4 Å². The van der Waals surface area contributed by atoms with E-state index < -0.39 is 28.5 Å². The predicted molar refractivity (Wildman–Crippen MR) is 120 cm³/mol. The molecule has 8 heteroatoms. The minimum absolute atomic E-state index is 0.214. The summed E-state index contributed by atoms with van der Waals surface area (Å²) in [6.45, 7) is 7.35. The molecule has 1 N–H and O–H groups in total. The van der Waals surface area contributed by atoms with Gasteiger partial charge in [-0.25, -0.2) is 13.2 Å². The lowest BCUT2D eigenvalue weighted by atomic mass is 10.0. The Hall–Kier alpha value is -2.87. The summed E-state index contributed by atoms with van der Waals surface area (Å²) in [5.74, 6) is -1.01. The lowest BCUT2D eigenvalue weighted by Gasteiger charge is -2.21. The third kappa shape index (κ3) is 5.07. The summed E-state index contributed by atoms with van der Waals surface area (Å²) in [5.41, 5.74) is 4.93. The summed E-state index contributed by atoms with van der Waals surface area (Å²) in [7, 11) is -3.40. The Balaban J connectivity index is 1.60. The fraction of sp³-hybridized carbons (Fsp3) is 0.391. The molecule has 1 heterocycles. The van der Waals surface area contributed by atoms with Gasteiger partial charge in [-0.15, -0.1) is 0 Å². The van der Waals surface area contributed by atoms with E-state index in [1.54, 1.807) is 12.1 Å². The molecule has 2 unspecified atom stereocenters. The first-order valence-corrected chi connectivity index (χ1v) is 12.0.